The van der Waals surface area contributed by atoms with Gasteiger partial charge >= 0.3 is 0 Å². The number of pyridine rings is 1. The van der Waals surface area contributed by atoms with Crippen LogP contribution < -0.4 is 11.2 Å². The Morgan fingerprint density at radius 2 is 1.90 bits per heavy atom. The highest BCUT2D eigenvalue weighted by Crippen LogP contribution is 2.26. The fraction of sp³-hybridized carbons (Fsp3) is 0. The lowest BCUT2D eigenvalue weighted by Crippen LogP contribution is -2.24. The molecule has 0 spiro atoms. The molecule has 104 valence electrons. The molecule has 2 aromatic heterocycles. The lowest BCUT2D eigenvalue weighted by Gasteiger charge is -2.02. The van der Waals surface area contributed by atoms with Crippen LogP contribution >= 0.6 is 12.2 Å². The zero-order valence-electron chi connectivity index (χ0n) is 11.2. The fourth-order valence-electron chi connectivity index (χ4n) is 2.28. The molecule has 3 aromatic rings. The number of nitrogens with two attached hydrogens (primary N) is 1. The normalized spacial score (nSPS) is 11.0. The van der Waals surface area contributed by atoms with Crippen LogP contribution in [0.4, 0.5) is 0 Å². The van der Waals surface area contributed by atoms with E-state index >= 15 is 0 Å². The molecule has 0 bridgehead atoms. The second kappa shape index (κ2) is 5.76. The zero-order valence-corrected chi connectivity index (χ0v) is 12.0. The van der Waals surface area contributed by atoms with E-state index in [9.17, 15) is 0 Å². The first kappa shape index (κ1) is 13.3. The average molecular weight is 294 g/mol. The number of hydrogen-bond donors (Lipinski definition) is 2. The van der Waals surface area contributed by atoms with Crippen molar-refractivity contribution in [1.82, 2.24) is 9.83 Å². The van der Waals surface area contributed by atoms with Gasteiger partial charge in [-0.05, 0) is 36.0 Å². The topological polar surface area (TPSA) is 54.8 Å². The van der Waals surface area contributed by atoms with Crippen molar-refractivity contribution in [3.05, 3.63) is 66.5 Å². The summed E-state index contributed by atoms with van der Waals surface area (Å²) in [5, 5.41) is 4.23. The predicted molar refractivity (Wildman–Crippen MR) is 90.3 cm³/mol. The fourth-order valence-corrected chi connectivity index (χ4v) is 2.34. The summed E-state index contributed by atoms with van der Waals surface area (Å²) in [5.41, 5.74) is 12.3. The van der Waals surface area contributed by atoms with Crippen molar-refractivity contribution in [3.63, 3.8) is 0 Å². The lowest BCUT2D eigenvalue weighted by molar-refractivity contribution is 1.04. The second-order valence-corrected chi connectivity index (χ2v) is 4.98. The lowest BCUT2D eigenvalue weighted by atomic mass is 10.1. The van der Waals surface area contributed by atoms with Crippen molar-refractivity contribution in [2.45, 2.75) is 0 Å². The van der Waals surface area contributed by atoms with E-state index < -0.39 is 0 Å². The van der Waals surface area contributed by atoms with Crippen molar-refractivity contribution in [2.24, 2.45) is 10.8 Å². The summed E-state index contributed by atoms with van der Waals surface area (Å²) in [6.07, 6.45) is 3.73. The SMILES string of the molecule is NC(=S)N/N=C/c1c(-c2ccccc2)cc2ccccn12. The first-order valence-electron chi connectivity index (χ1n) is 6.50. The monoisotopic (exact) mass is 294 g/mol. The van der Waals surface area contributed by atoms with Gasteiger partial charge in [-0.3, -0.25) is 5.43 Å². The van der Waals surface area contributed by atoms with E-state index in [2.05, 4.69) is 39.2 Å². The van der Waals surface area contributed by atoms with Gasteiger partial charge in [0, 0.05) is 17.3 Å². The van der Waals surface area contributed by atoms with Gasteiger partial charge in [0.2, 0.25) is 0 Å². The number of nitrogens with one attached hydrogen (secondary N) is 1. The molecule has 0 fully saturated rings. The molecule has 0 atom stereocenters. The maximum Gasteiger partial charge on any atom is 0.184 e. The third kappa shape index (κ3) is 2.78. The number of fused-ring (bicyclic) bond motifs is 1. The van der Waals surface area contributed by atoms with Gasteiger partial charge < -0.3 is 10.1 Å². The second-order valence-electron chi connectivity index (χ2n) is 4.54. The highest BCUT2D eigenvalue weighted by molar-refractivity contribution is 7.80. The van der Waals surface area contributed by atoms with Gasteiger partial charge in [-0.15, -0.1) is 0 Å². The minimum Gasteiger partial charge on any atom is -0.375 e. The van der Waals surface area contributed by atoms with Crippen molar-refractivity contribution in [2.75, 3.05) is 0 Å². The summed E-state index contributed by atoms with van der Waals surface area (Å²) in [5.74, 6) is 0. The number of rotatable bonds is 3. The summed E-state index contributed by atoms with van der Waals surface area (Å²) >= 11 is 4.76. The average Bonchev–Trinajstić information content (AvgIpc) is 2.87. The molecule has 0 aliphatic rings. The highest BCUT2D eigenvalue weighted by atomic mass is 32.1. The number of hydrazone groups is 1. The smallest absolute Gasteiger partial charge is 0.184 e. The third-order valence-corrected chi connectivity index (χ3v) is 3.26. The van der Waals surface area contributed by atoms with Crippen LogP contribution in [0, 0.1) is 0 Å². The zero-order chi connectivity index (χ0) is 14.7. The van der Waals surface area contributed by atoms with Crippen LogP contribution in [0.5, 0.6) is 0 Å². The molecule has 0 amide bonds. The molecule has 3 rings (SSSR count). The van der Waals surface area contributed by atoms with Gasteiger partial charge in [0.15, 0.2) is 5.11 Å². The first-order chi connectivity index (χ1) is 10.3. The molecule has 0 radical (unpaired) electrons. The molecule has 21 heavy (non-hydrogen) atoms. The molecule has 0 saturated carbocycles. The maximum atomic E-state index is 5.39. The van der Waals surface area contributed by atoms with Gasteiger partial charge in [-0.1, -0.05) is 36.4 Å². The molecular weight excluding hydrogens is 280 g/mol. The Balaban J connectivity index is 2.14. The maximum absolute atomic E-state index is 5.39. The Hall–Kier alpha value is -2.66. The molecule has 3 N–H and O–H groups in total. The summed E-state index contributed by atoms with van der Waals surface area (Å²) in [6.45, 7) is 0. The number of hydrogen-bond acceptors (Lipinski definition) is 2. The molecule has 0 aliphatic heterocycles. The van der Waals surface area contributed by atoms with Gasteiger partial charge in [0.25, 0.3) is 0 Å². The molecule has 0 saturated heterocycles. The number of benzene rings is 1. The Bertz CT molecular complexity index is 806. The van der Waals surface area contributed by atoms with Crippen LogP contribution in [0.25, 0.3) is 16.6 Å². The molecule has 4 nitrogen and oxygen atoms in total. The summed E-state index contributed by atoms with van der Waals surface area (Å²) in [6, 6.07) is 18.4. The Labute approximate surface area is 127 Å². The molecule has 0 aliphatic carbocycles. The quantitative estimate of drug-likeness (QED) is 0.444. The van der Waals surface area contributed by atoms with E-state index in [0.717, 1.165) is 22.3 Å². The standard InChI is InChI=1S/C16H14N4S/c17-16(21)19-18-11-15-14(12-6-2-1-3-7-12)10-13-8-4-5-9-20(13)15/h1-11H,(H3,17,19,21)/b18-11+. The van der Waals surface area contributed by atoms with E-state index in [4.69, 9.17) is 18.0 Å². The van der Waals surface area contributed by atoms with Crippen molar-refractivity contribution in [3.8, 4) is 11.1 Å². The van der Waals surface area contributed by atoms with Crippen LogP contribution in [-0.2, 0) is 0 Å². The molecule has 5 heteroatoms. The van der Waals surface area contributed by atoms with Crippen LogP contribution in [0.1, 0.15) is 5.69 Å². The Morgan fingerprint density at radius 1 is 1.14 bits per heavy atom. The van der Waals surface area contributed by atoms with Crippen LogP contribution in [0.15, 0.2) is 65.9 Å². The van der Waals surface area contributed by atoms with Crippen LogP contribution in [0.2, 0.25) is 0 Å². The summed E-state index contributed by atoms with van der Waals surface area (Å²) in [7, 11) is 0. The van der Waals surface area contributed by atoms with Gasteiger partial charge in [0.1, 0.15) is 0 Å². The third-order valence-electron chi connectivity index (χ3n) is 3.17. The van der Waals surface area contributed by atoms with E-state index in [1.807, 2.05) is 36.5 Å². The number of aromatic nitrogens is 1. The molecule has 0 unspecified atom stereocenters. The van der Waals surface area contributed by atoms with E-state index in [0.29, 0.717) is 0 Å². The molecule has 1 aromatic carbocycles. The first-order valence-corrected chi connectivity index (χ1v) is 6.90. The van der Waals surface area contributed by atoms with Gasteiger partial charge in [-0.2, -0.15) is 5.10 Å². The minimum absolute atomic E-state index is 0.147. The van der Waals surface area contributed by atoms with E-state index in [-0.39, 0.29) is 5.11 Å². The summed E-state index contributed by atoms with van der Waals surface area (Å²) < 4.78 is 2.08. The van der Waals surface area contributed by atoms with Crippen molar-refractivity contribution in [1.29, 1.82) is 0 Å². The minimum atomic E-state index is 0.147. The van der Waals surface area contributed by atoms with E-state index in [1.54, 1.807) is 6.21 Å². The highest BCUT2D eigenvalue weighted by Gasteiger charge is 2.09. The predicted octanol–water partition coefficient (Wildman–Crippen LogP) is 2.77. The number of thiocarbonyl (C=S) groups is 1. The summed E-state index contributed by atoms with van der Waals surface area (Å²) in [4.78, 5) is 0. The van der Waals surface area contributed by atoms with Crippen molar-refractivity contribution >= 4 is 29.1 Å². The largest absolute Gasteiger partial charge is 0.375 e. The Kier molecular flexibility index (Phi) is 3.66. The van der Waals surface area contributed by atoms with E-state index in [1.165, 1.54) is 0 Å². The van der Waals surface area contributed by atoms with Crippen LogP contribution in [0.3, 0.4) is 0 Å². The van der Waals surface area contributed by atoms with Gasteiger partial charge in [0.05, 0.1) is 11.9 Å². The molecule has 2 heterocycles. The van der Waals surface area contributed by atoms with Crippen LogP contribution in [-0.4, -0.2) is 15.7 Å². The van der Waals surface area contributed by atoms with Crippen molar-refractivity contribution < 1.29 is 0 Å². The Morgan fingerprint density at radius 3 is 2.67 bits per heavy atom. The van der Waals surface area contributed by atoms with Gasteiger partial charge in [-0.25, -0.2) is 0 Å². The molecular formula is C16H14N4S. The number of nitrogens with zero attached hydrogens (tertiary/aromatic N) is 2.